The Kier molecular flexibility index (Phi) is 7.09. The minimum atomic E-state index is 0.499. The van der Waals surface area contributed by atoms with E-state index in [9.17, 15) is 0 Å². The van der Waals surface area contributed by atoms with Gasteiger partial charge in [0.25, 0.3) is 0 Å². The predicted octanol–water partition coefficient (Wildman–Crippen LogP) is 2.07. The molecule has 23 heavy (non-hydrogen) atoms. The van der Waals surface area contributed by atoms with Gasteiger partial charge >= 0.3 is 0 Å². The first-order valence-electron chi connectivity index (χ1n) is 7.76. The Bertz CT molecular complexity index is 564. The standard InChI is InChI=1S/C16H23N3O3S/c1-3-20-8-4-7-17-16(23)19-18-12(2)13-5-6-14-15(11-13)22-10-9-21-14/h5-6,11H,3-4,7-10H2,1-2H3,(H2,17,19,23)/b18-12-. The van der Waals surface area contributed by atoms with Gasteiger partial charge in [0.05, 0.1) is 5.71 Å². The van der Waals surface area contributed by atoms with E-state index in [1.165, 1.54) is 0 Å². The van der Waals surface area contributed by atoms with Crippen LogP contribution in [0.15, 0.2) is 23.3 Å². The molecule has 1 aliphatic rings. The maximum Gasteiger partial charge on any atom is 0.186 e. The van der Waals surface area contributed by atoms with Crippen LogP contribution in [0.5, 0.6) is 11.5 Å². The Morgan fingerprint density at radius 1 is 1.30 bits per heavy atom. The average Bonchev–Trinajstić information content (AvgIpc) is 2.59. The molecule has 2 rings (SSSR count). The zero-order valence-electron chi connectivity index (χ0n) is 13.6. The smallest absolute Gasteiger partial charge is 0.186 e. The highest BCUT2D eigenvalue weighted by Gasteiger charge is 2.12. The van der Waals surface area contributed by atoms with Crippen LogP contribution in [0.3, 0.4) is 0 Å². The minimum absolute atomic E-state index is 0.499. The molecular weight excluding hydrogens is 314 g/mol. The van der Waals surface area contributed by atoms with Gasteiger partial charge in [-0.1, -0.05) is 0 Å². The van der Waals surface area contributed by atoms with E-state index in [2.05, 4.69) is 15.8 Å². The lowest BCUT2D eigenvalue weighted by molar-refractivity contribution is 0.145. The third-order valence-electron chi connectivity index (χ3n) is 3.24. The molecule has 0 amide bonds. The van der Waals surface area contributed by atoms with Crippen LogP contribution in [0.1, 0.15) is 25.8 Å². The van der Waals surface area contributed by atoms with E-state index >= 15 is 0 Å². The Morgan fingerprint density at radius 3 is 2.87 bits per heavy atom. The summed E-state index contributed by atoms with van der Waals surface area (Å²) in [6, 6.07) is 5.77. The van der Waals surface area contributed by atoms with Crippen molar-refractivity contribution in [3.05, 3.63) is 23.8 Å². The molecule has 0 atom stereocenters. The second-order valence-corrected chi connectivity index (χ2v) is 5.38. The van der Waals surface area contributed by atoms with Crippen molar-refractivity contribution in [2.24, 2.45) is 5.10 Å². The number of thiocarbonyl (C=S) groups is 1. The van der Waals surface area contributed by atoms with Crippen LogP contribution in [0.2, 0.25) is 0 Å². The number of rotatable bonds is 7. The predicted molar refractivity (Wildman–Crippen MR) is 94.5 cm³/mol. The van der Waals surface area contributed by atoms with E-state index in [4.69, 9.17) is 26.4 Å². The van der Waals surface area contributed by atoms with Crippen molar-refractivity contribution in [2.45, 2.75) is 20.3 Å². The molecular formula is C16H23N3O3S. The largest absolute Gasteiger partial charge is 0.486 e. The first-order chi connectivity index (χ1) is 11.2. The van der Waals surface area contributed by atoms with Crippen LogP contribution in [-0.4, -0.2) is 43.8 Å². The molecule has 6 nitrogen and oxygen atoms in total. The fraction of sp³-hybridized carbons (Fsp3) is 0.500. The van der Waals surface area contributed by atoms with Crippen LogP contribution in [0.4, 0.5) is 0 Å². The molecule has 0 spiro atoms. The number of nitrogens with one attached hydrogen (secondary N) is 2. The van der Waals surface area contributed by atoms with Crippen molar-refractivity contribution in [2.75, 3.05) is 33.0 Å². The molecule has 1 aromatic carbocycles. The SMILES string of the molecule is CCOCCCNC(=S)N/N=C(/C)c1ccc2c(c1)OCCO2. The van der Waals surface area contributed by atoms with E-state index in [0.29, 0.717) is 18.3 Å². The molecule has 7 heteroatoms. The zero-order valence-corrected chi connectivity index (χ0v) is 14.4. The fourth-order valence-corrected chi connectivity index (χ4v) is 2.18. The lowest BCUT2D eigenvalue weighted by Gasteiger charge is -2.18. The molecule has 2 N–H and O–H groups in total. The highest BCUT2D eigenvalue weighted by molar-refractivity contribution is 7.80. The Labute approximate surface area is 142 Å². The molecule has 126 valence electrons. The van der Waals surface area contributed by atoms with Gasteiger partial charge in [-0.2, -0.15) is 5.10 Å². The van der Waals surface area contributed by atoms with Crippen molar-refractivity contribution >= 4 is 23.0 Å². The Balaban J connectivity index is 1.81. The first-order valence-corrected chi connectivity index (χ1v) is 8.17. The summed E-state index contributed by atoms with van der Waals surface area (Å²) < 4.78 is 16.3. The van der Waals surface area contributed by atoms with Gasteiger partial charge in [0.1, 0.15) is 13.2 Å². The summed E-state index contributed by atoms with van der Waals surface area (Å²) in [6.45, 7) is 7.27. The molecule has 0 saturated heterocycles. The third kappa shape index (κ3) is 5.69. The molecule has 1 aromatic rings. The monoisotopic (exact) mass is 337 g/mol. The fourth-order valence-electron chi connectivity index (χ4n) is 2.03. The van der Waals surface area contributed by atoms with Gasteiger partial charge < -0.3 is 19.5 Å². The number of fused-ring (bicyclic) bond motifs is 1. The van der Waals surface area contributed by atoms with E-state index in [1.807, 2.05) is 32.0 Å². The van der Waals surface area contributed by atoms with Gasteiger partial charge in [-0.05, 0) is 50.7 Å². The number of benzene rings is 1. The minimum Gasteiger partial charge on any atom is -0.486 e. The summed E-state index contributed by atoms with van der Waals surface area (Å²) in [5.74, 6) is 1.52. The lowest BCUT2D eigenvalue weighted by Crippen LogP contribution is -2.33. The Hall–Kier alpha value is -1.86. The summed E-state index contributed by atoms with van der Waals surface area (Å²) in [6.07, 6.45) is 0.903. The normalized spacial score (nSPS) is 13.6. The molecule has 0 aliphatic carbocycles. The topological polar surface area (TPSA) is 64.1 Å². The second-order valence-electron chi connectivity index (χ2n) is 4.97. The summed E-state index contributed by atoms with van der Waals surface area (Å²) in [5.41, 5.74) is 4.63. The van der Waals surface area contributed by atoms with Crippen molar-refractivity contribution in [3.63, 3.8) is 0 Å². The summed E-state index contributed by atoms with van der Waals surface area (Å²) in [4.78, 5) is 0. The maximum absolute atomic E-state index is 5.57. The van der Waals surface area contributed by atoms with Gasteiger partial charge in [0.15, 0.2) is 16.6 Å². The van der Waals surface area contributed by atoms with E-state index in [0.717, 1.165) is 49.0 Å². The highest BCUT2D eigenvalue weighted by atomic mass is 32.1. The van der Waals surface area contributed by atoms with E-state index in [1.54, 1.807) is 0 Å². The number of hydrazone groups is 1. The number of ether oxygens (including phenoxy) is 3. The second kappa shape index (κ2) is 9.32. The van der Waals surface area contributed by atoms with Gasteiger partial charge in [-0.3, -0.25) is 5.43 Å². The van der Waals surface area contributed by atoms with Crippen LogP contribution in [-0.2, 0) is 4.74 Å². The summed E-state index contributed by atoms with van der Waals surface area (Å²) >= 11 is 5.18. The molecule has 1 aliphatic heterocycles. The van der Waals surface area contributed by atoms with Crippen molar-refractivity contribution < 1.29 is 14.2 Å². The summed E-state index contributed by atoms with van der Waals surface area (Å²) in [7, 11) is 0. The summed E-state index contributed by atoms with van der Waals surface area (Å²) in [5, 5.41) is 7.88. The van der Waals surface area contributed by atoms with Crippen LogP contribution in [0.25, 0.3) is 0 Å². The number of nitrogens with zero attached hydrogens (tertiary/aromatic N) is 1. The molecule has 0 saturated carbocycles. The van der Waals surface area contributed by atoms with Crippen LogP contribution < -0.4 is 20.2 Å². The third-order valence-corrected chi connectivity index (χ3v) is 3.48. The van der Waals surface area contributed by atoms with Gasteiger partial charge in [0.2, 0.25) is 0 Å². The van der Waals surface area contributed by atoms with Crippen molar-refractivity contribution in [1.82, 2.24) is 10.7 Å². The van der Waals surface area contributed by atoms with Crippen molar-refractivity contribution in [3.8, 4) is 11.5 Å². The molecule has 0 bridgehead atoms. The van der Waals surface area contributed by atoms with E-state index < -0.39 is 0 Å². The molecule has 0 unspecified atom stereocenters. The highest BCUT2D eigenvalue weighted by Crippen LogP contribution is 2.30. The number of hydrogen-bond acceptors (Lipinski definition) is 5. The van der Waals surface area contributed by atoms with Crippen LogP contribution >= 0.6 is 12.2 Å². The maximum atomic E-state index is 5.57. The molecule has 0 radical (unpaired) electrons. The van der Waals surface area contributed by atoms with Crippen molar-refractivity contribution in [1.29, 1.82) is 0 Å². The average molecular weight is 337 g/mol. The zero-order chi connectivity index (χ0) is 16.5. The molecule has 0 fully saturated rings. The molecule has 0 aromatic heterocycles. The first kappa shape index (κ1) is 17.5. The number of hydrogen-bond donors (Lipinski definition) is 2. The quantitative estimate of drug-likeness (QED) is 0.344. The Morgan fingerprint density at radius 2 is 2.09 bits per heavy atom. The van der Waals surface area contributed by atoms with Crippen LogP contribution in [0, 0.1) is 0 Å². The lowest BCUT2D eigenvalue weighted by atomic mass is 10.1. The van der Waals surface area contributed by atoms with E-state index in [-0.39, 0.29) is 0 Å². The van der Waals surface area contributed by atoms with Gasteiger partial charge in [-0.15, -0.1) is 0 Å². The van der Waals surface area contributed by atoms with Gasteiger partial charge in [-0.25, -0.2) is 0 Å². The molecule has 1 heterocycles. The van der Waals surface area contributed by atoms with Gasteiger partial charge in [0, 0.05) is 25.3 Å².